The smallest absolute Gasteiger partial charge is 0.325 e. The Balaban J connectivity index is 1.40. The van der Waals surface area contributed by atoms with E-state index in [4.69, 9.17) is 4.52 Å². The summed E-state index contributed by atoms with van der Waals surface area (Å²) < 4.78 is 5.31. The topological polar surface area (TPSA) is 88.3 Å². The lowest BCUT2D eigenvalue weighted by Crippen LogP contribution is -2.41. The van der Waals surface area contributed by atoms with Crippen molar-refractivity contribution in [3.05, 3.63) is 71.0 Å². The molecule has 140 valence electrons. The van der Waals surface area contributed by atoms with Gasteiger partial charge in [0.25, 0.3) is 11.8 Å². The summed E-state index contributed by atoms with van der Waals surface area (Å²) in [5.74, 6) is 0.398. The van der Waals surface area contributed by atoms with Crippen LogP contribution in [0.25, 0.3) is 11.5 Å². The lowest BCUT2D eigenvalue weighted by Gasteiger charge is -2.22. The zero-order valence-corrected chi connectivity index (χ0v) is 15.3. The Hall–Kier alpha value is -3.48. The number of urea groups is 1. The molecule has 2 aliphatic rings. The highest BCUT2D eigenvalue weighted by molar-refractivity contribution is 6.08. The number of rotatable bonds is 3. The van der Waals surface area contributed by atoms with Gasteiger partial charge in [-0.1, -0.05) is 47.1 Å². The monoisotopic (exact) mass is 374 g/mol. The van der Waals surface area contributed by atoms with Crippen molar-refractivity contribution in [1.82, 2.24) is 20.4 Å². The third-order valence-electron chi connectivity index (χ3n) is 5.49. The molecule has 28 heavy (non-hydrogen) atoms. The number of imide groups is 1. The van der Waals surface area contributed by atoms with Gasteiger partial charge in [-0.05, 0) is 43.0 Å². The summed E-state index contributed by atoms with van der Waals surface area (Å²) in [5.41, 5.74) is 2.92. The summed E-state index contributed by atoms with van der Waals surface area (Å²) in [6, 6.07) is 15.0. The molecule has 0 bridgehead atoms. The molecule has 1 saturated heterocycles. The summed E-state index contributed by atoms with van der Waals surface area (Å²) in [4.78, 5) is 31.3. The van der Waals surface area contributed by atoms with Crippen molar-refractivity contribution in [2.75, 3.05) is 0 Å². The van der Waals surface area contributed by atoms with Gasteiger partial charge in [0, 0.05) is 5.56 Å². The van der Waals surface area contributed by atoms with Crippen LogP contribution in [-0.4, -0.2) is 27.0 Å². The van der Waals surface area contributed by atoms with Gasteiger partial charge >= 0.3 is 6.03 Å². The summed E-state index contributed by atoms with van der Waals surface area (Å²) >= 11 is 0. The molecule has 0 saturated carbocycles. The van der Waals surface area contributed by atoms with Crippen LogP contribution in [-0.2, 0) is 23.3 Å². The highest BCUT2D eigenvalue weighted by atomic mass is 16.5. The van der Waals surface area contributed by atoms with Gasteiger partial charge in [-0.15, -0.1) is 0 Å². The van der Waals surface area contributed by atoms with E-state index in [0.717, 1.165) is 28.7 Å². The fourth-order valence-corrected chi connectivity index (χ4v) is 4.01. The molecule has 5 rings (SSSR count). The Morgan fingerprint density at radius 2 is 1.93 bits per heavy atom. The predicted octanol–water partition coefficient (Wildman–Crippen LogP) is 2.94. The van der Waals surface area contributed by atoms with E-state index in [1.165, 1.54) is 4.90 Å². The Bertz CT molecular complexity index is 1090. The first-order valence-electron chi connectivity index (χ1n) is 9.19. The molecule has 1 atom stereocenters. The Morgan fingerprint density at radius 1 is 1.14 bits per heavy atom. The molecule has 2 heterocycles. The highest BCUT2D eigenvalue weighted by Gasteiger charge is 2.55. The van der Waals surface area contributed by atoms with Gasteiger partial charge in [0.2, 0.25) is 0 Å². The van der Waals surface area contributed by atoms with Crippen LogP contribution < -0.4 is 5.32 Å². The van der Waals surface area contributed by atoms with Gasteiger partial charge in [0.15, 0.2) is 5.82 Å². The number of nitrogens with zero attached hydrogens (tertiary/aromatic N) is 3. The maximum absolute atomic E-state index is 13.2. The van der Waals surface area contributed by atoms with Crippen LogP contribution in [0.1, 0.15) is 28.9 Å². The van der Waals surface area contributed by atoms with Crippen molar-refractivity contribution in [2.45, 2.75) is 31.8 Å². The summed E-state index contributed by atoms with van der Waals surface area (Å²) in [5, 5.41) is 6.85. The maximum atomic E-state index is 13.2. The minimum absolute atomic E-state index is 0.0239. The number of nitrogens with one attached hydrogen (secondary N) is 1. The van der Waals surface area contributed by atoms with E-state index in [1.807, 2.05) is 55.5 Å². The second-order valence-electron chi connectivity index (χ2n) is 7.27. The van der Waals surface area contributed by atoms with Crippen LogP contribution in [0.4, 0.5) is 4.79 Å². The van der Waals surface area contributed by atoms with Gasteiger partial charge in [-0.3, -0.25) is 9.69 Å². The second-order valence-corrected chi connectivity index (χ2v) is 7.27. The molecule has 2 aromatic carbocycles. The number of carbonyl (C=O) groups excluding carboxylic acids is 2. The van der Waals surface area contributed by atoms with Crippen molar-refractivity contribution in [1.29, 1.82) is 0 Å². The minimum Gasteiger partial charge on any atom is -0.334 e. The van der Waals surface area contributed by atoms with Crippen molar-refractivity contribution in [3.8, 4) is 11.5 Å². The standard InChI is InChI=1S/C21H18N4O3/c1-13-6-8-15(9-7-13)18-22-17(24-28-18)12-25-19(26)21(23-20(25)27)11-10-14-4-2-3-5-16(14)21/h2-9H,10-12H2,1H3,(H,23,27). The normalized spacial score (nSPS) is 20.7. The Morgan fingerprint density at radius 3 is 2.75 bits per heavy atom. The predicted molar refractivity (Wildman–Crippen MR) is 100.0 cm³/mol. The van der Waals surface area contributed by atoms with E-state index in [0.29, 0.717) is 18.1 Å². The largest absolute Gasteiger partial charge is 0.334 e. The third-order valence-corrected chi connectivity index (χ3v) is 5.49. The number of benzene rings is 2. The van der Waals surface area contributed by atoms with E-state index in [9.17, 15) is 9.59 Å². The quantitative estimate of drug-likeness (QED) is 0.712. The lowest BCUT2D eigenvalue weighted by atomic mass is 9.92. The molecule has 3 aromatic rings. The number of aromatic nitrogens is 2. The first-order valence-corrected chi connectivity index (χ1v) is 9.19. The lowest BCUT2D eigenvalue weighted by molar-refractivity contribution is -0.132. The molecule has 0 radical (unpaired) electrons. The molecule has 7 heteroatoms. The van der Waals surface area contributed by atoms with Crippen LogP contribution in [0.5, 0.6) is 0 Å². The highest BCUT2D eigenvalue weighted by Crippen LogP contribution is 2.41. The van der Waals surface area contributed by atoms with E-state index in [1.54, 1.807) is 0 Å². The molecule has 3 amide bonds. The number of hydrogen-bond acceptors (Lipinski definition) is 5. The van der Waals surface area contributed by atoms with E-state index >= 15 is 0 Å². The minimum atomic E-state index is -0.975. The fraction of sp³-hybridized carbons (Fsp3) is 0.238. The molecule has 1 N–H and O–H groups in total. The Labute approximate surface area is 161 Å². The van der Waals surface area contributed by atoms with Crippen LogP contribution >= 0.6 is 0 Å². The summed E-state index contributed by atoms with van der Waals surface area (Å²) in [6.07, 6.45) is 1.32. The molecular weight excluding hydrogens is 356 g/mol. The van der Waals surface area contributed by atoms with E-state index in [-0.39, 0.29) is 12.5 Å². The van der Waals surface area contributed by atoms with E-state index in [2.05, 4.69) is 15.5 Å². The summed E-state index contributed by atoms with van der Waals surface area (Å²) in [6.45, 7) is 1.97. The van der Waals surface area contributed by atoms with Gasteiger partial charge in [-0.2, -0.15) is 4.98 Å². The zero-order chi connectivity index (χ0) is 19.3. The molecule has 1 aliphatic carbocycles. The van der Waals surface area contributed by atoms with E-state index < -0.39 is 11.6 Å². The van der Waals surface area contributed by atoms with Crippen molar-refractivity contribution in [2.24, 2.45) is 0 Å². The van der Waals surface area contributed by atoms with Crippen LogP contribution in [0.2, 0.25) is 0 Å². The number of fused-ring (bicyclic) bond motifs is 2. The molecular formula is C21H18N4O3. The number of carbonyl (C=O) groups is 2. The van der Waals surface area contributed by atoms with Crippen LogP contribution in [0.3, 0.4) is 0 Å². The van der Waals surface area contributed by atoms with Gasteiger partial charge in [0.05, 0.1) is 6.54 Å². The van der Waals surface area contributed by atoms with Gasteiger partial charge in [-0.25, -0.2) is 4.79 Å². The van der Waals surface area contributed by atoms with Crippen LogP contribution in [0.15, 0.2) is 53.1 Å². The molecule has 1 fully saturated rings. The zero-order valence-electron chi connectivity index (χ0n) is 15.3. The molecule has 1 spiro atoms. The molecule has 1 aromatic heterocycles. The average Bonchev–Trinajstić information content (AvgIpc) is 3.37. The average molecular weight is 374 g/mol. The summed E-state index contributed by atoms with van der Waals surface area (Å²) in [7, 11) is 0. The van der Waals surface area contributed by atoms with Crippen molar-refractivity contribution < 1.29 is 14.1 Å². The van der Waals surface area contributed by atoms with Crippen molar-refractivity contribution in [3.63, 3.8) is 0 Å². The number of aryl methyl sites for hydroxylation is 2. The van der Waals surface area contributed by atoms with Gasteiger partial charge in [0.1, 0.15) is 5.54 Å². The number of amides is 3. The van der Waals surface area contributed by atoms with Crippen LogP contribution in [0, 0.1) is 6.92 Å². The second kappa shape index (κ2) is 6.02. The third kappa shape index (κ3) is 2.43. The molecule has 7 nitrogen and oxygen atoms in total. The van der Waals surface area contributed by atoms with Gasteiger partial charge < -0.3 is 9.84 Å². The molecule has 1 unspecified atom stereocenters. The maximum Gasteiger partial charge on any atom is 0.325 e. The number of hydrogen-bond donors (Lipinski definition) is 1. The Kier molecular flexibility index (Phi) is 3.58. The fourth-order valence-electron chi connectivity index (χ4n) is 4.01. The first kappa shape index (κ1) is 16.7. The SMILES string of the molecule is Cc1ccc(-c2nc(CN3C(=O)NC4(CCc5ccccc54)C3=O)no2)cc1. The molecule has 1 aliphatic heterocycles. The van der Waals surface area contributed by atoms with Crippen molar-refractivity contribution >= 4 is 11.9 Å². The first-order chi connectivity index (χ1) is 13.6.